The van der Waals surface area contributed by atoms with Crippen LogP contribution in [0.1, 0.15) is 387 Å². The van der Waals surface area contributed by atoms with Crippen molar-refractivity contribution in [3.63, 3.8) is 0 Å². The monoisotopic (exact) mass is 1150 g/mol. The minimum Gasteiger partial charge on any atom is -0.462 e. The summed E-state index contributed by atoms with van der Waals surface area (Å²) in [5.74, 6) is -0.870. The Hall–Kier alpha value is -2.89. The Kier molecular flexibility index (Phi) is 68.1. The summed E-state index contributed by atoms with van der Waals surface area (Å²) in [5, 5.41) is 0. The van der Waals surface area contributed by atoms with Crippen LogP contribution in [0.5, 0.6) is 0 Å². The van der Waals surface area contributed by atoms with Crippen LogP contribution in [0.25, 0.3) is 0 Å². The molecule has 0 bridgehead atoms. The lowest BCUT2D eigenvalue weighted by atomic mass is 10.0. The van der Waals surface area contributed by atoms with Gasteiger partial charge in [0.05, 0.1) is 0 Å². The SMILES string of the molecule is CCCCCCC/C=C\C/C=C\C/C=C\CCCCCCCCCCCCCCCCCCCCC(=O)OCC(COC(=O)CCCCCCC/C=C\CCCCCCCC)OC(=O)CCCCCCC/C=C\CCCCCCCCC. The molecule has 0 aliphatic carbocycles. The van der Waals surface area contributed by atoms with Crippen LogP contribution < -0.4 is 0 Å². The van der Waals surface area contributed by atoms with Crippen LogP contribution in [-0.2, 0) is 28.6 Å². The first-order chi connectivity index (χ1) is 40.5. The fourth-order valence-corrected chi connectivity index (χ4v) is 10.7. The molecular weight excluding hydrogens is 1010 g/mol. The topological polar surface area (TPSA) is 78.9 Å². The van der Waals surface area contributed by atoms with Gasteiger partial charge in [0.2, 0.25) is 0 Å². The summed E-state index contributed by atoms with van der Waals surface area (Å²) < 4.78 is 17.0. The van der Waals surface area contributed by atoms with Crippen molar-refractivity contribution in [1.82, 2.24) is 0 Å². The predicted octanol–water partition coefficient (Wildman–Crippen LogP) is 25.1. The fourth-order valence-electron chi connectivity index (χ4n) is 10.7. The molecule has 0 fully saturated rings. The molecule has 82 heavy (non-hydrogen) atoms. The largest absolute Gasteiger partial charge is 0.462 e. The molecule has 0 aliphatic rings. The van der Waals surface area contributed by atoms with E-state index in [2.05, 4.69) is 81.5 Å². The molecule has 1 unspecified atom stereocenters. The third-order valence-electron chi connectivity index (χ3n) is 16.2. The smallest absolute Gasteiger partial charge is 0.306 e. The van der Waals surface area contributed by atoms with Gasteiger partial charge < -0.3 is 14.2 Å². The molecule has 0 saturated heterocycles. The van der Waals surface area contributed by atoms with Crippen molar-refractivity contribution in [2.45, 2.75) is 393 Å². The van der Waals surface area contributed by atoms with Crippen molar-refractivity contribution in [2.75, 3.05) is 13.2 Å². The molecule has 0 radical (unpaired) electrons. The molecule has 0 aromatic rings. The van der Waals surface area contributed by atoms with E-state index in [1.54, 1.807) is 0 Å². The second-order valence-electron chi connectivity index (χ2n) is 24.5. The maximum Gasteiger partial charge on any atom is 0.306 e. The van der Waals surface area contributed by atoms with E-state index < -0.39 is 6.10 Å². The second-order valence-corrected chi connectivity index (χ2v) is 24.5. The van der Waals surface area contributed by atoms with Crippen LogP contribution in [-0.4, -0.2) is 37.2 Å². The third-order valence-corrected chi connectivity index (χ3v) is 16.2. The van der Waals surface area contributed by atoms with Gasteiger partial charge in [-0.3, -0.25) is 14.4 Å². The van der Waals surface area contributed by atoms with Crippen molar-refractivity contribution in [2.24, 2.45) is 0 Å². The van der Waals surface area contributed by atoms with Crippen LogP contribution >= 0.6 is 0 Å². The van der Waals surface area contributed by atoms with Gasteiger partial charge in [-0.25, -0.2) is 0 Å². The Morgan fingerprint density at radius 2 is 0.439 bits per heavy atom. The quantitative estimate of drug-likeness (QED) is 0.0261. The normalized spacial score (nSPS) is 12.4. The lowest BCUT2D eigenvalue weighted by molar-refractivity contribution is -0.167. The summed E-state index contributed by atoms with van der Waals surface area (Å²) in [6.07, 6.45) is 91.2. The van der Waals surface area contributed by atoms with E-state index in [0.717, 1.165) is 83.5 Å². The Bertz CT molecular complexity index is 1460. The molecule has 0 aromatic heterocycles. The van der Waals surface area contributed by atoms with Gasteiger partial charge in [0.25, 0.3) is 0 Å². The molecule has 0 heterocycles. The lowest BCUT2D eigenvalue weighted by Gasteiger charge is -2.18. The standard InChI is InChI=1S/C76H138O6/c1-4-7-10-13-16-19-22-25-28-30-31-32-33-34-35-36-37-38-39-40-41-42-43-44-45-46-49-51-54-57-60-63-66-69-75(78)81-72-73(71-80-74(77)68-65-62-59-56-53-50-47-27-24-21-18-15-12-9-6-3)82-76(79)70-67-64-61-58-55-52-48-29-26-23-20-17-14-11-8-5-2/h22,25,27,29-31,33-34,47-48,73H,4-21,23-24,26,28,32,35-46,49-72H2,1-3H3/b25-22-,31-30-,34-33-,47-27-,48-29-. The van der Waals surface area contributed by atoms with Crippen LogP contribution in [0.2, 0.25) is 0 Å². The highest BCUT2D eigenvalue weighted by molar-refractivity contribution is 5.71. The number of hydrogen-bond donors (Lipinski definition) is 0. The zero-order valence-electron chi connectivity index (χ0n) is 55.0. The number of carbonyl (C=O) groups is 3. The summed E-state index contributed by atoms with van der Waals surface area (Å²) in [6.45, 7) is 6.66. The van der Waals surface area contributed by atoms with E-state index in [4.69, 9.17) is 14.2 Å². The molecule has 478 valence electrons. The van der Waals surface area contributed by atoms with Crippen molar-refractivity contribution < 1.29 is 28.6 Å². The summed E-state index contributed by atoms with van der Waals surface area (Å²) in [5.41, 5.74) is 0. The first-order valence-corrected chi connectivity index (χ1v) is 36.3. The van der Waals surface area contributed by atoms with Crippen molar-refractivity contribution in [3.8, 4) is 0 Å². The highest BCUT2D eigenvalue weighted by Crippen LogP contribution is 2.18. The summed E-state index contributed by atoms with van der Waals surface area (Å²) >= 11 is 0. The molecule has 0 N–H and O–H groups in total. The average Bonchev–Trinajstić information content (AvgIpc) is 3.47. The molecule has 0 saturated carbocycles. The Morgan fingerprint density at radius 3 is 0.695 bits per heavy atom. The summed E-state index contributed by atoms with van der Waals surface area (Å²) in [4.78, 5) is 38.4. The van der Waals surface area contributed by atoms with Crippen LogP contribution in [0.4, 0.5) is 0 Å². The molecule has 0 spiro atoms. The number of rotatable bonds is 67. The molecule has 1 atom stereocenters. The molecule has 0 rings (SSSR count). The molecule has 6 heteroatoms. The molecule has 6 nitrogen and oxygen atoms in total. The molecule has 0 aliphatic heterocycles. The molecule has 0 aromatic carbocycles. The van der Waals surface area contributed by atoms with E-state index in [1.807, 2.05) is 0 Å². The van der Waals surface area contributed by atoms with Crippen LogP contribution in [0.15, 0.2) is 60.8 Å². The van der Waals surface area contributed by atoms with Crippen molar-refractivity contribution in [3.05, 3.63) is 60.8 Å². The number of ether oxygens (including phenoxy) is 3. The maximum absolute atomic E-state index is 12.9. The van der Waals surface area contributed by atoms with Gasteiger partial charge in [-0.05, 0) is 109 Å². The van der Waals surface area contributed by atoms with Gasteiger partial charge in [0.1, 0.15) is 13.2 Å². The third kappa shape index (κ3) is 67.9. The summed E-state index contributed by atoms with van der Waals surface area (Å²) in [7, 11) is 0. The number of esters is 3. The first kappa shape index (κ1) is 79.1. The molecule has 0 amide bonds. The average molecular weight is 1150 g/mol. The number of hydrogen-bond acceptors (Lipinski definition) is 6. The van der Waals surface area contributed by atoms with Gasteiger partial charge >= 0.3 is 17.9 Å². The van der Waals surface area contributed by atoms with Crippen LogP contribution in [0, 0.1) is 0 Å². The lowest BCUT2D eigenvalue weighted by Crippen LogP contribution is -2.30. The Labute approximate surface area is 510 Å². The summed E-state index contributed by atoms with van der Waals surface area (Å²) in [6, 6.07) is 0. The van der Waals surface area contributed by atoms with Crippen molar-refractivity contribution in [1.29, 1.82) is 0 Å². The van der Waals surface area contributed by atoms with Gasteiger partial charge in [-0.2, -0.15) is 0 Å². The zero-order chi connectivity index (χ0) is 59.2. The van der Waals surface area contributed by atoms with E-state index in [1.165, 1.54) is 263 Å². The van der Waals surface area contributed by atoms with Gasteiger partial charge in [-0.15, -0.1) is 0 Å². The van der Waals surface area contributed by atoms with E-state index in [-0.39, 0.29) is 31.1 Å². The fraction of sp³-hybridized carbons (Fsp3) is 0.829. The van der Waals surface area contributed by atoms with Gasteiger partial charge in [-0.1, -0.05) is 319 Å². The van der Waals surface area contributed by atoms with E-state index in [9.17, 15) is 14.4 Å². The van der Waals surface area contributed by atoms with Gasteiger partial charge in [0.15, 0.2) is 6.10 Å². The second kappa shape index (κ2) is 70.6. The van der Waals surface area contributed by atoms with E-state index >= 15 is 0 Å². The Balaban J connectivity index is 4.17. The zero-order valence-corrected chi connectivity index (χ0v) is 55.0. The Morgan fingerprint density at radius 1 is 0.244 bits per heavy atom. The minimum absolute atomic E-state index is 0.0761. The highest BCUT2D eigenvalue weighted by atomic mass is 16.6. The van der Waals surface area contributed by atoms with E-state index in [0.29, 0.717) is 19.3 Å². The maximum atomic E-state index is 12.9. The number of carbonyl (C=O) groups excluding carboxylic acids is 3. The van der Waals surface area contributed by atoms with Crippen molar-refractivity contribution >= 4 is 17.9 Å². The van der Waals surface area contributed by atoms with Gasteiger partial charge in [0, 0.05) is 19.3 Å². The number of unbranched alkanes of at least 4 members (excludes halogenated alkanes) is 46. The minimum atomic E-state index is -0.781. The first-order valence-electron chi connectivity index (χ1n) is 36.3. The van der Waals surface area contributed by atoms with Crippen LogP contribution in [0.3, 0.4) is 0 Å². The number of allylic oxidation sites excluding steroid dienone is 10. The highest BCUT2D eigenvalue weighted by Gasteiger charge is 2.19. The predicted molar refractivity (Wildman–Crippen MR) is 358 cm³/mol. The molecular formula is C76H138O6.